The summed E-state index contributed by atoms with van der Waals surface area (Å²) in [6.45, 7) is -0.470. The molecule has 1 aromatic rings. The predicted molar refractivity (Wildman–Crippen MR) is 100 cm³/mol. The highest BCUT2D eigenvalue weighted by Gasteiger charge is 2.55. The van der Waals surface area contributed by atoms with Crippen LogP contribution in [0.25, 0.3) is 0 Å². The van der Waals surface area contributed by atoms with Gasteiger partial charge in [0.25, 0.3) is 5.91 Å². The average molecular weight is 387 g/mol. The third kappa shape index (κ3) is 3.72. The van der Waals surface area contributed by atoms with Crippen molar-refractivity contribution < 1.29 is 24.3 Å². The van der Waals surface area contributed by atoms with Crippen molar-refractivity contribution in [2.24, 2.45) is 0 Å². The molecular formula is C20H25N3O5. The third-order valence-electron chi connectivity index (χ3n) is 5.70. The van der Waals surface area contributed by atoms with Crippen molar-refractivity contribution >= 4 is 23.8 Å². The van der Waals surface area contributed by atoms with Crippen molar-refractivity contribution in [2.45, 2.75) is 50.1 Å². The number of amides is 4. The number of aliphatic carboxylic acids is 1. The molecule has 28 heavy (non-hydrogen) atoms. The van der Waals surface area contributed by atoms with Crippen LogP contribution in [-0.4, -0.2) is 63.9 Å². The van der Waals surface area contributed by atoms with Crippen molar-refractivity contribution in [2.75, 3.05) is 13.6 Å². The summed E-state index contributed by atoms with van der Waals surface area (Å²) in [4.78, 5) is 51.8. The van der Waals surface area contributed by atoms with Gasteiger partial charge in [-0.15, -0.1) is 0 Å². The van der Waals surface area contributed by atoms with Gasteiger partial charge in [0, 0.05) is 13.5 Å². The largest absolute Gasteiger partial charge is 0.480 e. The number of carboxylic acid groups (broad SMARTS) is 1. The SMILES string of the molecule is CN1C(=O)N(CC(=O)N[C@@H](Cc2ccccc2)C(=O)O)C(=O)C12CCCCC2. The van der Waals surface area contributed by atoms with Gasteiger partial charge in [0.2, 0.25) is 5.91 Å². The van der Waals surface area contributed by atoms with Crippen molar-refractivity contribution in [3.8, 4) is 0 Å². The number of imide groups is 1. The molecule has 1 aliphatic carbocycles. The Labute approximate surface area is 163 Å². The minimum atomic E-state index is -1.17. The van der Waals surface area contributed by atoms with Crippen LogP contribution in [0.2, 0.25) is 0 Å². The normalized spacial score (nSPS) is 19.8. The van der Waals surface area contributed by atoms with Gasteiger partial charge in [-0.05, 0) is 18.4 Å². The van der Waals surface area contributed by atoms with E-state index >= 15 is 0 Å². The molecule has 0 aromatic heterocycles. The lowest BCUT2D eigenvalue weighted by molar-refractivity contribution is -0.142. The molecule has 1 aromatic carbocycles. The van der Waals surface area contributed by atoms with Gasteiger partial charge >= 0.3 is 12.0 Å². The second-order valence-electron chi connectivity index (χ2n) is 7.47. The number of likely N-dealkylation sites (N-methyl/N-ethyl adjacent to an activating group) is 1. The number of urea groups is 1. The van der Waals surface area contributed by atoms with Crippen molar-refractivity contribution in [1.29, 1.82) is 0 Å². The van der Waals surface area contributed by atoms with E-state index in [1.165, 1.54) is 4.90 Å². The molecule has 8 nitrogen and oxygen atoms in total. The first kappa shape index (κ1) is 19.9. The van der Waals surface area contributed by atoms with Crippen LogP contribution < -0.4 is 5.32 Å². The second-order valence-corrected chi connectivity index (χ2v) is 7.47. The molecule has 0 bridgehead atoms. The Kier molecular flexibility index (Phi) is 5.67. The van der Waals surface area contributed by atoms with E-state index < -0.39 is 36.0 Å². The molecule has 3 rings (SSSR count). The fourth-order valence-corrected chi connectivity index (χ4v) is 4.10. The molecular weight excluding hydrogens is 362 g/mol. The fraction of sp³-hybridized carbons (Fsp3) is 0.500. The lowest BCUT2D eigenvalue weighted by Gasteiger charge is -2.35. The first-order chi connectivity index (χ1) is 13.3. The number of carbonyl (C=O) groups is 4. The number of nitrogens with one attached hydrogen (secondary N) is 1. The highest BCUT2D eigenvalue weighted by atomic mass is 16.4. The molecule has 150 valence electrons. The standard InChI is InChI=1S/C20H25N3O5/c1-22-19(28)23(18(27)20(22)10-6-3-7-11-20)13-16(24)21-15(17(25)26)12-14-8-4-2-5-9-14/h2,4-5,8-9,15H,3,6-7,10-13H2,1H3,(H,21,24)(H,25,26)/t15-/m0/s1. The fourth-order valence-electron chi connectivity index (χ4n) is 4.10. The van der Waals surface area contributed by atoms with E-state index in [1.807, 2.05) is 6.07 Å². The molecule has 1 spiro atoms. The molecule has 2 fully saturated rings. The lowest BCUT2D eigenvalue weighted by Crippen LogP contribution is -2.50. The maximum Gasteiger partial charge on any atom is 0.327 e. The summed E-state index contributed by atoms with van der Waals surface area (Å²) in [6, 6.07) is 7.31. The van der Waals surface area contributed by atoms with Crippen LogP contribution >= 0.6 is 0 Å². The van der Waals surface area contributed by atoms with Gasteiger partial charge in [0.05, 0.1) is 0 Å². The minimum Gasteiger partial charge on any atom is -0.480 e. The summed E-state index contributed by atoms with van der Waals surface area (Å²) in [6.07, 6.45) is 4.06. The Morgan fingerprint density at radius 1 is 1.14 bits per heavy atom. The summed E-state index contributed by atoms with van der Waals surface area (Å²) in [5.74, 6) is -2.19. The van der Waals surface area contributed by atoms with Crippen molar-refractivity contribution in [3.63, 3.8) is 0 Å². The molecule has 0 unspecified atom stereocenters. The Bertz CT molecular complexity index is 773. The average Bonchev–Trinajstić information content (AvgIpc) is 2.85. The number of rotatable bonds is 6. The number of carbonyl (C=O) groups excluding carboxylic acids is 3. The van der Waals surface area contributed by atoms with Crippen LogP contribution in [0, 0.1) is 0 Å². The van der Waals surface area contributed by atoms with Gasteiger partial charge < -0.3 is 15.3 Å². The van der Waals surface area contributed by atoms with Crippen LogP contribution in [0.15, 0.2) is 30.3 Å². The monoisotopic (exact) mass is 387 g/mol. The van der Waals surface area contributed by atoms with Crippen LogP contribution in [0.3, 0.4) is 0 Å². The predicted octanol–water partition coefficient (Wildman–Crippen LogP) is 1.40. The Hall–Kier alpha value is -2.90. The van der Waals surface area contributed by atoms with Gasteiger partial charge in [0.15, 0.2) is 0 Å². The van der Waals surface area contributed by atoms with Crippen molar-refractivity contribution in [3.05, 3.63) is 35.9 Å². The molecule has 2 aliphatic rings. The Morgan fingerprint density at radius 2 is 1.79 bits per heavy atom. The molecule has 0 radical (unpaired) electrons. The maximum atomic E-state index is 12.9. The zero-order valence-electron chi connectivity index (χ0n) is 15.9. The molecule has 1 saturated heterocycles. The number of carboxylic acids is 1. The smallest absolute Gasteiger partial charge is 0.327 e. The maximum absolute atomic E-state index is 12.9. The van der Waals surface area contributed by atoms with E-state index in [9.17, 15) is 24.3 Å². The molecule has 4 amide bonds. The quantitative estimate of drug-likeness (QED) is 0.718. The van der Waals surface area contributed by atoms with Gasteiger partial charge in [-0.3, -0.25) is 14.5 Å². The summed E-state index contributed by atoms with van der Waals surface area (Å²) in [5, 5.41) is 11.9. The van der Waals surface area contributed by atoms with E-state index in [2.05, 4.69) is 5.32 Å². The van der Waals surface area contributed by atoms with Gasteiger partial charge in [-0.25, -0.2) is 9.59 Å². The van der Waals surface area contributed by atoms with Gasteiger partial charge in [-0.1, -0.05) is 49.6 Å². The molecule has 1 atom stereocenters. The summed E-state index contributed by atoms with van der Waals surface area (Å²) >= 11 is 0. The lowest BCUT2D eigenvalue weighted by atomic mass is 9.81. The Morgan fingerprint density at radius 3 is 2.39 bits per heavy atom. The van der Waals surface area contributed by atoms with Crippen LogP contribution in [0.4, 0.5) is 4.79 Å². The van der Waals surface area contributed by atoms with Gasteiger partial charge in [-0.2, -0.15) is 0 Å². The van der Waals surface area contributed by atoms with E-state index in [-0.39, 0.29) is 12.3 Å². The van der Waals surface area contributed by atoms with Crippen LogP contribution in [0.5, 0.6) is 0 Å². The highest BCUT2D eigenvalue weighted by Crippen LogP contribution is 2.39. The highest BCUT2D eigenvalue weighted by molar-refractivity contribution is 6.09. The first-order valence-corrected chi connectivity index (χ1v) is 9.51. The van der Waals surface area contributed by atoms with Crippen molar-refractivity contribution in [1.82, 2.24) is 15.1 Å². The first-order valence-electron chi connectivity index (χ1n) is 9.51. The zero-order chi connectivity index (χ0) is 20.3. The zero-order valence-corrected chi connectivity index (χ0v) is 15.9. The minimum absolute atomic E-state index is 0.119. The van der Waals surface area contributed by atoms with E-state index in [0.29, 0.717) is 12.8 Å². The van der Waals surface area contributed by atoms with E-state index in [0.717, 1.165) is 29.7 Å². The number of benzene rings is 1. The second kappa shape index (κ2) is 8.00. The number of hydrogen-bond donors (Lipinski definition) is 2. The van der Waals surface area contributed by atoms with E-state index in [4.69, 9.17) is 0 Å². The van der Waals surface area contributed by atoms with E-state index in [1.54, 1.807) is 31.3 Å². The molecule has 2 N–H and O–H groups in total. The third-order valence-corrected chi connectivity index (χ3v) is 5.70. The number of hydrogen-bond acceptors (Lipinski definition) is 4. The summed E-state index contributed by atoms with van der Waals surface area (Å²) in [7, 11) is 1.60. The molecule has 1 saturated carbocycles. The van der Waals surface area contributed by atoms with Gasteiger partial charge in [0.1, 0.15) is 18.1 Å². The van der Waals surface area contributed by atoms with Crippen LogP contribution in [-0.2, 0) is 20.8 Å². The van der Waals surface area contributed by atoms with Crippen LogP contribution in [0.1, 0.15) is 37.7 Å². The topological polar surface area (TPSA) is 107 Å². The summed E-state index contributed by atoms with van der Waals surface area (Å²) < 4.78 is 0. The Balaban J connectivity index is 1.67. The molecule has 1 aliphatic heterocycles. The molecule has 8 heteroatoms. The number of nitrogens with zero attached hydrogens (tertiary/aromatic N) is 2. The summed E-state index contributed by atoms with van der Waals surface area (Å²) in [5.41, 5.74) is -0.0873. The molecule has 1 heterocycles.